The number of rotatable bonds is 11. The van der Waals surface area contributed by atoms with Gasteiger partial charge in [0, 0.05) is 0 Å². The van der Waals surface area contributed by atoms with Gasteiger partial charge in [-0.1, -0.05) is 57.9 Å². The first-order valence-electron chi connectivity index (χ1n) is 12.0. The number of halogens is 2. The molecule has 3 aromatic rings. The number of alkyl halides is 1. The Kier molecular flexibility index (Phi) is 9.88. The summed E-state index contributed by atoms with van der Waals surface area (Å²) >= 11 is 6.04. The number of hydrogen-bond donors (Lipinski definition) is 0. The Bertz CT molecular complexity index is 1160. The summed E-state index contributed by atoms with van der Waals surface area (Å²) in [5, 5.41) is -0.710. The van der Waals surface area contributed by atoms with Gasteiger partial charge in [0.05, 0.1) is 12.2 Å². The fraction of sp³-hybridized carbons (Fsp3) is 0.310. The van der Waals surface area contributed by atoms with E-state index in [1.807, 2.05) is 26.0 Å². The molecule has 0 fully saturated rings. The highest BCUT2D eigenvalue weighted by atomic mass is 35.5. The minimum absolute atomic E-state index is 0.0289. The Morgan fingerprint density at radius 1 is 0.861 bits per heavy atom. The second-order valence-corrected chi connectivity index (χ2v) is 9.18. The van der Waals surface area contributed by atoms with Gasteiger partial charge in [-0.05, 0) is 65.9 Å². The Morgan fingerprint density at radius 2 is 1.44 bits per heavy atom. The molecule has 5 nitrogen and oxygen atoms in total. The van der Waals surface area contributed by atoms with Crippen LogP contribution < -0.4 is 14.2 Å². The molecule has 3 aromatic carbocycles. The number of ether oxygens (including phenoxy) is 3. The lowest BCUT2D eigenvalue weighted by Crippen LogP contribution is -2.25. The molecule has 0 bridgehead atoms. The van der Waals surface area contributed by atoms with Crippen molar-refractivity contribution in [1.29, 1.82) is 0 Å². The van der Waals surface area contributed by atoms with Gasteiger partial charge >= 0.3 is 11.9 Å². The third-order valence-corrected chi connectivity index (χ3v) is 6.14. The van der Waals surface area contributed by atoms with E-state index >= 15 is 0 Å². The van der Waals surface area contributed by atoms with Crippen molar-refractivity contribution in [3.63, 3.8) is 0 Å². The molecule has 0 aliphatic heterocycles. The number of esters is 2. The maximum atomic E-state index is 14.3. The molecule has 0 amide bonds. The average molecular weight is 513 g/mol. The molecular weight excluding hydrogens is 483 g/mol. The van der Waals surface area contributed by atoms with E-state index in [1.165, 1.54) is 12.1 Å². The Hall–Kier alpha value is -3.38. The summed E-state index contributed by atoms with van der Waals surface area (Å²) in [6.07, 6.45) is 2.91. The molecule has 7 heteroatoms. The van der Waals surface area contributed by atoms with E-state index in [-0.39, 0.29) is 17.2 Å². The molecule has 0 aliphatic rings. The first kappa shape index (κ1) is 27.2. The number of hydrogen-bond acceptors (Lipinski definition) is 5. The highest BCUT2D eigenvalue weighted by molar-refractivity contribution is 6.30. The second-order valence-electron chi connectivity index (χ2n) is 8.71. The first-order valence-corrected chi connectivity index (χ1v) is 12.4. The molecule has 0 N–H and O–H groups in total. The highest BCUT2D eigenvalue weighted by Crippen LogP contribution is 2.26. The maximum absolute atomic E-state index is 14.3. The predicted octanol–water partition coefficient (Wildman–Crippen LogP) is 7.45. The monoisotopic (exact) mass is 512 g/mol. The van der Waals surface area contributed by atoms with Crippen molar-refractivity contribution in [1.82, 2.24) is 0 Å². The van der Waals surface area contributed by atoms with Crippen molar-refractivity contribution in [3.05, 3.63) is 78.1 Å². The zero-order valence-electron chi connectivity index (χ0n) is 20.6. The Labute approximate surface area is 216 Å². The molecule has 0 heterocycles. The molecule has 1 unspecified atom stereocenters. The van der Waals surface area contributed by atoms with Crippen molar-refractivity contribution < 1.29 is 28.2 Å². The maximum Gasteiger partial charge on any atom is 0.343 e. The average Bonchev–Trinajstić information content (AvgIpc) is 2.87. The molecule has 190 valence electrons. The Morgan fingerprint density at radius 3 is 1.97 bits per heavy atom. The topological polar surface area (TPSA) is 61.8 Å². The van der Waals surface area contributed by atoms with E-state index in [9.17, 15) is 14.0 Å². The van der Waals surface area contributed by atoms with Crippen LogP contribution in [0.15, 0.2) is 66.7 Å². The van der Waals surface area contributed by atoms with E-state index in [0.717, 1.165) is 36.5 Å². The molecule has 3 rings (SSSR count). The van der Waals surface area contributed by atoms with E-state index in [0.29, 0.717) is 18.1 Å². The number of carbonyl (C=O) groups is 2. The van der Waals surface area contributed by atoms with Crippen LogP contribution in [-0.2, 0) is 4.79 Å². The minimum Gasteiger partial charge on any atom is -0.491 e. The van der Waals surface area contributed by atoms with Gasteiger partial charge in [-0.3, -0.25) is 4.79 Å². The largest absolute Gasteiger partial charge is 0.491 e. The molecule has 0 saturated heterocycles. The fourth-order valence-electron chi connectivity index (χ4n) is 3.32. The number of unbranched alkanes of at least 4 members (excludes halogenated alkanes) is 2. The van der Waals surface area contributed by atoms with E-state index < -0.39 is 23.1 Å². The molecule has 0 aliphatic carbocycles. The van der Waals surface area contributed by atoms with Gasteiger partial charge in [0.15, 0.2) is 11.6 Å². The lowest BCUT2D eigenvalue weighted by atomic mass is 10.1. The second kappa shape index (κ2) is 13.1. The Balaban J connectivity index is 1.58. The molecule has 36 heavy (non-hydrogen) atoms. The third kappa shape index (κ3) is 7.56. The van der Waals surface area contributed by atoms with Crippen LogP contribution in [-0.4, -0.2) is 23.9 Å². The van der Waals surface area contributed by atoms with Gasteiger partial charge in [0.25, 0.3) is 0 Å². The lowest BCUT2D eigenvalue weighted by Gasteiger charge is -2.12. The quantitative estimate of drug-likeness (QED) is 0.115. The van der Waals surface area contributed by atoms with Crippen molar-refractivity contribution in [2.75, 3.05) is 6.61 Å². The molecular formula is C29H30ClFO5. The summed E-state index contributed by atoms with van der Waals surface area (Å²) in [4.78, 5) is 24.5. The van der Waals surface area contributed by atoms with Crippen LogP contribution in [0.3, 0.4) is 0 Å². The van der Waals surface area contributed by atoms with Crippen molar-refractivity contribution in [2.24, 2.45) is 5.92 Å². The molecule has 1 atom stereocenters. The SMILES string of the molecule is CCCCCOc1ccc(C(=O)Oc2ccc(-c3ccc(OC(=O)C(Cl)C(C)C)cc3)cc2)cc1F. The van der Waals surface area contributed by atoms with Crippen LogP contribution in [0.2, 0.25) is 0 Å². The zero-order valence-corrected chi connectivity index (χ0v) is 21.4. The van der Waals surface area contributed by atoms with Gasteiger partial charge in [0.1, 0.15) is 16.9 Å². The van der Waals surface area contributed by atoms with Crippen molar-refractivity contribution in [2.45, 2.75) is 45.4 Å². The zero-order chi connectivity index (χ0) is 26.1. The smallest absolute Gasteiger partial charge is 0.343 e. The highest BCUT2D eigenvalue weighted by Gasteiger charge is 2.21. The first-order chi connectivity index (χ1) is 17.3. The normalized spacial score (nSPS) is 11.7. The predicted molar refractivity (Wildman–Crippen MR) is 138 cm³/mol. The summed E-state index contributed by atoms with van der Waals surface area (Å²) < 4.78 is 30.4. The van der Waals surface area contributed by atoms with Crippen LogP contribution >= 0.6 is 11.6 Å². The van der Waals surface area contributed by atoms with E-state index in [1.54, 1.807) is 36.4 Å². The minimum atomic E-state index is -0.710. The number of benzene rings is 3. The molecule has 0 saturated carbocycles. The summed E-state index contributed by atoms with van der Waals surface area (Å²) in [5.74, 6) is -0.921. The van der Waals surface area contributed by atoms with E-state index in [2.05, 4.69) is 6.92 Å². The number of carbonyl (C=O) groups excluding carboxylic acids is 2. The molecule has 0 radical (unpaired) electrons. The standard InChI is InChI=1S/C29H30ClFO5/c1-4-5-6-17-34-26-16-11-22(18-25(26)31)28(32)35-23-12-7-20(8-13-23)21-9-14-24(15-10-21)36-29(33)27(30)19(2)3/h7-16,18-19,27H,4-6,17H2,1-3H3. The molecule has 0 spiro atoms. The van der Waals surface area contributed by atoms with Crippen molar-refractivity contribution in [3.8, 4) is 28.4 Å². The van der Waals surface area contributed by atoms with Gasteiger partial charge in [-0.2, -0.15) is 0 Å². The lowest BCUT2D eigenvalue weighted by molar-refractivity contribution is -0.134. The van der Waals surface area contributed by atoms with Crippen LogP contribution in [0, 0.1) is 11.7 Å². The van der Waals surface area contributed by atoms with Gasteiger partial charge in [0.2, 0.25) is 0 Å². The molecule has 0 aromatic heterocycles. The van der Waals surface area contributed by atoms with Gasteiger partial charge in [-0.25, -0.2) is 9.18 Å². The summed E-state index contributed by atoms with van der Waals surface area (Å²) in [7, 11) is 0. The van der Waals surface area contributed by atoms with Crippen LogP contribution in [0.25, 0.3) is 11.1 Å². The summed E-state index contributed by atoms with van der Waals surface area (Å²) in [5.41, 5.74) is 1.86. The van der Waals surface area contributed by atoms with Crippen molar-refractivity contribution >= 4 is 23.5 Å². The summed E-state index contributed by atoms with van der Waals surface area (Å²) in [6, 6.07) is 18.0. The van der Waals surface area contributed by atoms with Gasteiger partial charge in [-0.15, -0.1) is 11.6 Å². The van der Waals surface area contributed by atoms with E-state index in [4.69, 9.17) is 25.8 Å². The van der Waals surface area contributed by atoms with Crippen LogP contribution in [0.5, 0.6) is 17.2 Å². The summed E-state index contributed by atoms with van der Waals surface area (Å²) in [6.45, 7) is 6.21. The van der Waals surface area contributed by atoms with Crippen LogP contribution in [0.1, 0.15) is 50.4 Å². The van der Waals surface area contributed by atoms with Gasteiger partial charge < -0.3 is 14.2 Å². The fourth-order valence-corrected chi connectivity index (χ4v) is 3.37. The third-order valence-electron chi connectivity index (χ3n) is 5.45. The van der Waals surface area contributed by atoms with Crippen LogP contribution in [0.4, 0.5) is 4.39 Å².